The number of quaternary nitrogens is 1. The van der Waals surface area contributed by atoms with E-state index in [9.17, 15) is 0 Å². The van der Waals surface area contributed by atoms with E-state index >= 15 is 0 Å². The molecule has 1 atom stereocenters. The highest BCUT2D eigenvalue weighted by Gasteiger charge is 2.26. The monoisotopic (exact) mass is 718 g/mol. The third-order valence-corrected chi connectivity index (χ3v) is 11.1. The lowest BCUT2D eigenvalue weighted by atomic mass is 10.0. The Kier molecular flexibility index (Phi) is 7.57. The largest absolute Gasteiger partial charge is 0.309 e. The minimum atomic E-state index is -0.158. The van der Waals surface area contributed by atoms with E-state index in [0.717, 1.165) is 45.3 Å². The fourth-order valence-corrected chi connectivity index (χ4v) is 8.43. The van der Waals surface area contributed by atoms with E-state index in [-0.39, 0.29) is 6.17 Å². The van der Waals surface area contributed by atoms with Crippen molar-refractivity contribution in [1.29, 1.82) is 0 Å². The van der Waals surface area contributed by atoms with Crippen molar-refractivity contribution in [3.63, 3.8) is 0 Å². The second kappa shape index (κ2) is 13.2. The average molecular weight is 719 g/mol. The minimum absolute atomic E-state index is 0.158. The topological polar surface area (TPSA) is 51.2 Å². The number of fused-ring (bicyclic) bond motifs is 6. The van der Waals surface area contributed by atoms with Gasteiger partial charge < -0.3 is 9.13 Å². The lowest BCUT2D eigenvalue weighted by Gasteiger charge is -2.19. The van der Waals surface area contributed by atoms with Gasteiger partial charge in [-0.25, -0.2) is 4.99 Å². The molecule has 5 heteroatoms. The van der Waals surface area contributed by atoms with Crippen LogP contribution in [-0.2, 0) is 0 Å². The van der Waals surface area contributed by atoms with Crippen molar-refractivity contribution in [2.24, 2.45) is 9.98 Å². The molecule has 264 valence electrons. The van der Waals surface area contributed by atoms with Crippen molar-refractivity contribution >= 4 is 55.3 Å². The maximum Gasteiger partial charge on any atom is 0.235 e. The first kappa shape index (κ1) is 32.1. The molecule has 0 amide bonds. The molecule has 56 heavy (non-hydrogen) atoms. The van der Waals surface area contributed by atoms with E-state index in [0.29, 0.717) is 0 Å². The Labute approximate surface area is 324 Å². The summed E-state index contributed by atoms with van der Waals surface area (Å²) in [5, 5.41) is 7.15. The Balaban J connectivity index is 1.05. The van der Waals surface area contributed by atoms with Crippen molar-refractivity contribution in [2.75, 3.05) is 0 Å². The zero-order valence-electron chi connectivity index (χ0n) is 30.5. The Morgan fingerprint density at radius 3 is 1.57 bits per heavy atom. The van der Waals surface area contributed by atoms with Gasteiger partial charge in [-0.2, -0.15) is 4.99 Å². The second-order valence-corrected chi connectivity index (χ2v) is 14.4. The van der Waals surface area contributed by atoms with Crippen LogP contribution in [0.4, 0.5) is 0 Å². The summed E-state index contributed by atoms with van der Waals surface area (Å²) in [7, 11) is 0. The molecule has 10 aromatic rings. The summed E-state index contributed by atoms with van der Waals surface area (Å²) in [6.45, 7) is 0. The standard InChI is InChI=1S/C51H35N5/c1-4-15-34(16-5-1)37-19-14-20-38(31-37)51-53-49(35-17-6-2-7-18-35)52-50(54-51)36-27-29-40(30-28-36)56-46-26-13-11-24-42(46)44-32-43-41-23-10-12-25-45(41)55(47(43)33-48(44)56)39-21-8-3-9-22-39/h1-33,49H,(H,52,53,54)/p+1. The number of rotatable bonds is 6. The highest BCUT2D eigenvalue weighted by molar-refractivity contribution is 6.19. The Bertz CT molecular complexity index is 3140. The number of benzene rings is 8. The quantitative estimate of drug-likeness (QED) is 0.178. The molecule has 0 spiro atoms. The average Bonchev–Trinajstić information content (AvgIpc) is 3.78. The molecule has 1 aliphatic rings. The van der Waals surface area contributed by atoms with Crippen LogP contribution in [0, 0.1) is 0 Å². The number of hydrogen-bond acceptors (Lipinski definition) is 2. The van der Waals surface area contributed by atoms with Gasteiger partial charge in [0.05, 0.1) is 27.6 Å². The summed E-state index contributed by atoms with van der Waals surface area (Å²) in [4.78, 5) is 10.4. The molecule has 3 heterocycles. The third-order valence-electron chi connectivity index (χ3n) is 11.1. The van der Waals surface area contributed by atoms with Crippen LogP contribution in [0.1, 0.15) is 22.9 Å². The summed E-state index contributed by atoms with van der Waals surface area (Å²) >= 11 is 0. The first-order chi connectivity index (χ1) is 27.8. The molecule has 2 N–H and O–H groups in total. The van der Waals surface area contributed by atoms with Gasteiger partial charge in [0.25, 0.3) is 0 Å². The van der Waals surface area contributed by atoms with Gasteiger partial charge in [-0.3, -0.25) is 5.32 Å². The molecule has 0 saturated carbocycles. The van der Waals surface area contributed by atoms with Crippen LogP contribution in [0.2, 0.25) is 0 Å². The van der Waals surface area contributed by atoms with Crippen LogP contribution in [0.25, 0.3) is 66.1 Å². The summed E-state index contributed by atoms with van der Waals surface area (Å²) in [5.41, 5.74) is 12.5. The summed E-state index contributed by atoms with van der Waals surface area (Å²) in [6.07, 6.45) is -0.158. The molecule has 8 aromatic carbocycles. The summed E-state index contributed by atoms with van der Waals surface area (Å²) < 4.78 is 4.79. The van der Waals surface area contributed by atoms with Crippen LogP contribution in [-0.4, -0.2) is 20.8 Å². The molecule has 0 bridgehead atoms. The van der Waals surface area contributed by atoms with Crippen molar-refractivity contribution < 1.29 is 5.32 Å². The summed E-state index contributed by atoms with van der Waals surface area (Å²) in [5.74, 6) is 1.65. The molecular weight excluding hydrogens is 683 g/mol. The van der Waals surface area contributed by atoms with Gasteiger partial charge in [0.1, 0.15) is 0 Å². The number of amidine groups is 2. The van der Waals surface area contributed by atoms with Crippen molar-refractivity contribution in [3.05, 3.63) is 217 Å². The van der Waals surface area contributed by atoms with E-state index < -0.39 is 0 Å². The Hall–Kier alpha value is -7.34. The maximum absolute atomic E-state index is 5.23. The Morgan fingerprint density at radius 1 is 0.375 bits per heavy atom. The highest BCUT2D eigenvalue weighted by Crippen LogP contribution is 2.39. The van der Waals surface area contributed by atoms with Gasteiger partial charge in [-0.1, -0.05) is 127 Å². The van der Waals surface area contributed by atoms with Crippen molar-refractivity contribution in [3.8, 4) is 22.5 Å². The fourth-order valence-electron chi connectivity index (χ4n) is 8.43. The van der Waals surface area contributed by atoms with Crippen LogP contribution in [0.3, 0.4) is 0 Å². The van der Waals surface area contributed by atoms with Crippen molar-refractivity contribution in [2.45, 2.75) is 6.17 Å². The van der Waals surface area contributed by atoms with Crippen molar-refractivity contribution in [1.82, 2.24) is 9.13 Å². The molecule has 1 unspecified atom stereocenters. The first-order valence-electron chi connectivity index (χ1n) is 19.1. The van der Waals surface area contributed by atoms with Crippen LogP contribution >= 0.6 is 0 Å². The number of para-hydroxylation sites is 3. The van der Waals surface area contributed by atoms with E-state index in [1.54, 1.807) is 0 Å². The molecule has 5 nitrogen and oxygen atoms in total. The highest BCUT2D eigenvalue weighted by atomic mass is 15.2. The zero-order valence-corrected chi connectivity index (χ0v) is 30.5. The number of aromatic nitrogens is 2. The van der Waals surface area contributed by atoms with Gasteiger partial charge >= 0.3 is 0 Å². The predicted octanol–water partition coefficient (Wildman–Crippen LogP) is 11.0. The summed E-state index contributed by atoms with van der Waals surface area (Å²) in [6, 6.07) is 71.3. The predicted molar refractivity (Wildman–Crippen MR) is 231 cm³/mol. The lowest BCUT2D eigenvalue weighted by Crippen LogP contribution is -2.90. The number of hydrogen-bond donors (Lipinski definition) is 1. The van der Waals surface area contributed by atoms with Crippen LogP contribution < -0.4 is 5.32 Å². The van der Waals surface area contributed by atoms with Gasteiger partial charge in [-0.05, 0) is 83.9 Å². The van der Waals surface area contributed by atoms with Gasteiger partial charge in [0.15, 0.2) is 5.84 Å². The molecule has 11 rings (SSSR count). The molecular formula is C51H36N5+. The molecule has 0 fully saturated rings. The van der Waals surface area contributed by atoms with E-state index in [1.807, 2.05) is 0 Å². The third kappa shape index (κ3) is 5.36. The molecule has 0 saturated heterocycles. The van der Waals surface area contributed by atoms with E-state index in [4.69, 9.17) is 9.98 Å². The second-order valence-electron chi connectivity index (χ2n) is 14.4. The fraction of sp³-hybridized carbons (Fsp3) is 0.0196. The zero-order chi connectivity index (χ0) is 37.0. The first-order valence-corrected chi connectivity index (χ1v) is 19.1. The molecule has 2 aromatic heterocycles. The van der Waals surface area contributed by atoms with Gasteiger partial charge in [-0.15, -0.1) is 0 Å². The van der Waals surface area contributed by atoms with E-state index in [1.165, 1.54) is 49.2 Å². The van der Waals surface area contributed by atoms with E-state index in [2.05, 4.69) is 215 Å². The smallest absolute Gasteiger partial charge is 0.235 e. The van der Waals surface area contributed by atoms with Crippen LogP contribution in [0.15, 0.2) is 210 Å². The van der Waals surface area contributed by atoms with Gasteiger partial charge in [0, 0.05) is 44.0 Å². The SMILES string of the molecule is c1ccc(-c2cccc(C3=NC(c4ccc(-n5c6ccccc6c6cc7c8ccccc8n(-c8ccccc8)c7cc65)cc4)=NC(c4ccccc4)[NH2+]3)c2)cc1. The molecule has 1 aliphatic heterocycles. The number of nitrogens with two attached hydrogens (primary N) is 1. The minimum Gasteiger partial charge on any atom is -0.309 e. The molecule has 0 radical (unpaired) electrons. The normalized spacial score (nSPS) is 14.4. The number of aliphatic imine (C=N–C) groups is 2. The Morgan fingerprint density at radius 2 is 0.911 bits per heavy atom. The lowest BCUT2D eigenvalue weighted by molar-refractivity contribution is -0.586. The molecule has 0 aliphatic carbocycles. The van der Waals surface area contributed by atoms with Gasteiger partial charge in [0.2, 0.25) is 12.0 Å². The maximum atomic E-state index is 5.23. The number of nitrogens with zero attached hydrogens (tertiary/aromatic N) is 4. The van der Waals surface area contributed by atoms with Crippen LogP contribution in [0.5, 0.6) is 0 Å².